The highest BCUT2D eigenvalue weighted by Gasteiger charge is 2.47. The van der Waals surface area contributed by atoms with Gasteiger partial charge in [0.05, 0.1) is 11.8 Å². The summed E-state index contributed by atoms with van der Waals surface area (Å²) in [5.74, 6) is 0. The maximum absolute atomic E-state index is 12.3. The molecule has 2 unspecified atom stereocenters. The van der Waals surface area contributed by atoms with E-state index in [1.165, 1.54) is 0 Å². The zero-order chi connectivity index (χ0) is 13.7. The molecule has 6 heteroatoms. The summed E-state index contributed by atoms with van der Waals surface area (Å²) in [5, 5.41) is 15.6. The molecule has 0 aliphatic carbocycles. The molecule has 2 aliphatic heterocycles. The first kappa shape index (κ1) is 12.5. The Bertz CT molecular complexity index is 668. The average Bonchev–Trinajstić information content (AvgIpc) is 2.85. The van der Waals surface area contributed by atoms with Gasteiger partial charge in [0, 0.05) is 39.3 Å². The lowest BCUT2D eigenvalue weighted by molar-refractivity contribution is 0.00771. The van der Waals surface area contributed by atoms with Gasteiger partial charge in [-0.3, -0.25) is 4.21 Å². The van der Waals surface area contributed by atoms with Gasteiger partial charge in [-0.2, -0.15) is 5.10 Å². The van der Waals surface area contributed by atoms with Crippen molar-refractivity contribution >= 4 is 16.4 Å². The van der Waals surface area contributed by atoms with Crippen LogP contribution in [0.15, 0.2) is 24.7 Å². The van der Waals surface area contributed by atoms with Gasteiger partial charge >= 0.3 is 0 Å². The Morgan fingerprint density at radius 1 is 1.35 bits per heavy atom. The summed E-state index contributed by atoms with van der Waals surface area (Å²) >= 11 is 0. The van der Waals surface area contributed by atoms with E-state index in [-0.39, 0.29) is 10.5 Å². The lowest BCUT2D eigenvalue weighted by Crippen LogP contribution is -2.47. The molecule has 2 bridgehead atoms. The van der Waals surface area contributed by atoms with E-state index in [4.69, 9.17) is 0 Å². The molecule has 2 fully saturated rings. The fraction of sp³-hybridized carbons (Fsp3) is 0.571. The SMILES string of the molecule is O=S1C2CCCC1CC(O)(c1cnn3cccnc13)C2. The van der Waals surface area contributed by atoms with Crippen LogP contribution in [-0.4, -0.2) is 34.4 Å². The molecule has 0 spiro atoms. The van der Waals surface area contributed by atoms with Crippen molar-refractivity contribution in [3.05, 3.63) is 30.2 Å². The number of hydrogen-bond acceptors (Lipinski definition) is 4. The molecule has 2 atom stereocenters. The minimum absolute atomic E-state index is 0.117. The largest absolute Gasteiger partial charge is 0.385 e. The average molecular weight is 291 g/mol. The third kappa shape index (κ3) is 1.74. The summed E-state index contributed by atoms with van der Waals surface area (Å²) in [7, 11) is -0.786. The topological polar surface area (TPSA) is 67.5 Å². The number of hydrogen-bond donors (Lipinski definition) is 1. The van der Waals surface area contributed by atoms with Gasteiger partial charge in [0.15, 0.2) is 5.65 Å². The summed E-state index contributed by atoms with van der Waals surface area (Å²) in [4.78, 5) is 4.34. The van der Waals surface area contributed by atoms with Crippen LogP contribution < -0.4 is 0 Å². The van der Waals surface area contributed by atoms with Crippen molar-refractivity contribution in [2.24, 2.45) is 0 Å². The van der Waals surface area contributed by atoms with Crippen molar-refractivity contribution in [1.29, 1.82) is 0 Å². The van der Waals surface area contributed by atoms with E-state index in [1.54, 1.807) is 16.9 Å². The quantitative estimate of drug-likeness (QED) is 0.862. The first-order chi connectivity index (χ1) is 9.67. The summed E-state index contributed by atoms with van der Waals surface area (Å²) in [6.07, 6.45) is 9.43. The third-order valence-corrected chi connectivity index (χ3v) is 6.74. The molecule has 4 heterocycles. The molecule has 0 saturated carbocycles. The monoisotopic (exact) mass is 291 g/mol. The fourth-order valence-corrected chi connectivity index (χ4v) is 5.88. The zero-order valence-electron chi connectivity index (χ0n) is 11.1. The van der Waals surface area contributed by atoms with E-state index in [0.717, 1.165) is 24.8 Å². The Hall–Kier alpha value is -1.27. The van der Waals surface area contributed by atoms with Gasteiger partial charge in [-0.15, -0.1) is 0 Å². The van der Waals surface area contributed by atoms with E-state index in [0.29, 0.717) is 18.5 Å². The molecule has 1 N–H and O–H groups in total. The predicted molar refractivity (Wildman–Crippen MR) is 75.7 cm³/mol. The highest BCUT2D eigenvalue weighted by Crippen LogP contribution is 2.45. The molecule has 5 nitrogen and oxygen atoms in total. The van der Waals surface area contributed by atoms with E-state index in [2.05, 4.69) is 10.1 Å². The number of nitrogens with zero attached hydrogens (tertiary/aromatic N) is 3. The predicted octanol–water partition coefficient (Wildman–Crippen LogP) is 1.38. The van der Waals surface area contributed by atoms with E-state index < -0.39 is 16.4 Å². The maximum Gasteiger partial charge on any atom is 0.160 e. The second kappa shape index (κ2) is 4.36. The van der Waals surface area contributed by atoms with Crippen molar-refractivity contribution < 1.29 is 9.32 Å². The van der Waals surface area contributed by atoms with Gasteiger partial charge in [0.1, 0.15) is 0 Å². The number of fused-ring (bicyclic) bond motifs is 3. The summed E-state index contributed by atoms with van der Waals surface area (Å²) < 4.78 is 14.0. The molecule has 0 amide bonds. The number of rotatable bonds is 1. The Morgan fingerprint density at radius 3 is 2.85 bits per heavy atom. The van der Waals surface area contributed by atoms with Crippen LogP contribution in [0.25, 0.3) is 5.65 Å². The normalized spacial score (nSPS) is 37.1. The minimum Gasteiger partial charge on any atom is -0.385 e. The van der Waals surface area contributed by atoms with Crippen LogP contribution in [0.1, 0.15) is 37.7 Å². The van der Waals surface area contributed by atoms with Crippen molar-refractivity contribution in [1.82, 2.24) is 14.6 Å². The molecule has 20 heavy (non-hydrogen) atoms. The van der Waals surface area contributed by atoms with Gasteiger partial charge in [-0.05, 0) is 31.7 Å². The molecule has 0 aromatic carbocycles. The van der Waals surface area contributed by atoms with Crippen molar-refractivity contribution in [3.63, 3.8) is 0 Å². The Morgan fingerprint density at radius 2 is 2.10 bits per heavy atom. The van der Waals surface area contributed by atoms with Crippen LogP contribution in [-0.2, 0) is 16.4 Å². The van der Waals surface area contributed by atoms with Crippen molar-refractivity contribution in [3.8, 4) is 0 Å². The van der Waals surface area contributed by atoms with E-state index in [9.17, 15) is 9.32 Å². The van der Waals surface area contributed by atoms with E-state index in [1.807, 2.05) is 12.3 Å². The molecule has 2 aromatic rings. The molecule has 2 aromatic heterocycles. The highest BCUT2D eigenvalue weighted by molar-refractivity contribution is 7.86. The first-order valence-electron chi connectivity index (χ1n) is 7.08. The van der Waals surface area contributed by atoms with Crippen molar-refractivity contribution in [2.75, 3.05) is 0 Å². The van der Waals surface area contributed by atoms with Gasteiger partial charge in [0.25, 0.3) is 0 Å². The van der Waals surface area contributed by atoms with Crippen LogP contribution in [0, 0.1) is 0 Å². The van der Waals surface area contributed by atoms with Gasteiger partial charge in [0.2, 0.25) is 0 Å². The van der Waals surface area contributed by atoms with Crippen LogP contribution in [0.4, 0.5) is 0 Å². The lowest BCUT2D eigenvalue weighted by Gasteiger charge is -2.43. The number of aliphatic hydroxyl groups is 1. The molecule has 0 radical (unpaired) electrons. The Kier molecular flexibility index (Phi) is 2.72. The summed E-state index contributed by atoms with van der Waals surface area (Å²) in [6.45, 7) is 0. The van der Waals surface area contributed by atoms with Crippen molar-refractivity contribution in [2.45, 2.75) is 48.2 Å². The molecule has 2 saturated heterocycles. The zero-order valence-corrected chi connectivity index (χ0v) is 11.9. The van der Waals surface area contributed by atoms with Crippen LogP contribution in [0.5, 0.6) is 0 Å². The second-order valence-corrected chi connectivity index (χ2v) is 7.88. The van der Waals surface area contributed by atoms with Crippen LogP contribution >= 0.6 is 0 Å². The molecular formula is C14H17N3O2S. The first-order valence-corrected chi connectivity index (χ1v) is 8.36. The number of aromatic nitrogens is 3. The van der Waals surface area contributed by atoms with Gasteiger partial charge in [-0.25, -0.2) is 9.50 Å². The van der Waals surface area contributed by atoms with Gasteiger partial charge < -0.3 is 5.11 Å². The maximum atomic E-state index is 12.3. The minimum atomic E-state index is -0.931. The Labute approximate surface area is 119 Å². The molecule has 4 rings (SSSR count). The smallest absolute Gasteiger partial charge is 0.160 e. The molecule has 2 aliphatic rings. The molecule has 106 valence electrons. The highest BCUT2D eigenvalue weighted by atomic mass is 32.2. The summed E-state index contributed by atoms with van der Waals surface area (Å²) in [5.41, 5.74) is 0.562. The van der Waals surface area contributed by atoms with E-state index >= 15 is 0 Å². The van der Waals surface area contributed by atoms with Crippen LogP contribution in [0.3, 0.4) is 0 Å². The molecular weight excluding hydrogens is 274 g/mol. The third-order valence-electron chi connectivity index (χ3n) is 4.62. The second-order valence-electron chi connectivity index (χ2n) is 5.89. The fourth-order valence-electron chi connectivity index (χ4n) is 3.66. The Balaban J connectivity index is 1.79. The standard InChI is InChI=1S/C14H17N3O2S/c18-14(7-10-3-1-4-11(8-14)20(10)19)12-9-16-17-6-2-5-15-13(12)17/h2,5-6,9-11,18H,1,3-4,7-8H2. The van der Waals surface area contributed by atoms with Gasteiger partial charge in [-0.1, -0.05) is 6.42 Å². The van der Waals surface area contributed by atoms with Crippen LogP contribution in [0.2, 0.25) is 0 Å². The lowest BCUT2D eigenvalue weighted by atomic mass is 9.81. The summed E-state index contributed by atoms with van der Waals surface area (Å²) in [6, 6.07) is 1.82.